The molecule has 142 valence electrons. The van der Waals surface area contributed by atoms with Gasteiger partial charge >= 0.3 is 0 Å². The molecule has 1 fully saturated rings. The highest BCUT2D eigenvalue weighted by molar-refractivity contribution is 7.81. The summed E-state index contributed by atoms with van der Waals surface area (Å²) < 4.78 is 5.72. The van der Waals surface area contributed by atoms with Gasteiger partial charge in [-0.3, -0.25) is 14.5 Å². The van der Waals surface area contributed by atoms with Gasteiger partial charge in [-0.15, -0.1) is 0 Å². The zero-order valence-corrected chi connectivity index (χ0v) is 16.4. The SMILES string of the molecule is CC1(C)CC(=O)[C@H]2[C@@H](C1)Nc1ccccc1N(C(=O)CS)[C@H]2c1ccco1. The highest BCUT2D eigenvalue weighted by Crippen LogP contribution is 2.49. The van der Waals surface area contributed by atoms with Crippen molar-refractivity contribution in [2.45, 2.75) is 38.8 Å². The van der Waals surface area contributed by atoms with Gasteiger partial charge in [0, 0.05) is 12.5 Å². The number of anilines is 2. The van der Waals surface area contributed by atoms with Crippen molar-refractivity contribution in [2.75, 3.05) is 16.0 Å². The second-order valence-corrected chi connectivity index (χ2v) is 8.50. The maximum Gasteiger partial charge on any atom is 0.237 e. The molecule has 1 amide bonds. The number of amides is 1. The topological polar surface area (TPSA) is 62.6 Å². The Kier molecular flexibility index (Phi) is 4.54. The van der Waals surface area contributed by atoms with Crippen molar-refractivity contribution >= 4 is 35.7 Å². The summed E-state index contributed by atoms with van der Waals surface area (Å²) in [5.74, 6) is 0.331. The number of thiol groups is 1. The molecule has 6 heteroatoms. The minimum absolute atomic E-state index is 0.0581. The van der Waals surface area contributed by atoms with E-state index >= 15 is 0 Å². The number of carbonyl (C=O) groups is 2. The first-order valence-electron chi connectivity index (χ1n) is 9.26. The summed E-state index contributed by atoms with van der Waals surface area (Å²) in [5.41, 5.74) is 1.54. The Morgan fingerprint density at radius 2 is 2.07 bits per heavy atom. The Morgan fingerprint density at radius 1 is 1.30 bits per heavy atom. The molecule has 1 aliphatic carbocycles. The van der Waals surface area contributed by atoms with Crippen LogP contribution in [0.1, 0.15) is 38.5 Å². The Morgan fingerprint density at radius 3 is 2.78 bits per heavy atom. The van der Waals surface area contributed by atoms with Crippen molar-refractivity contribution in [3.8, 4) is 0 Å². The van der Waals surface area contributed by atoms with Crippen LogP contribution in [0.25, 0.3) is 0 Å². The minimum atomic E-state index is -0.482. The predicted molar refractivity (Wildman–Crippen MR) is 108 cm³/mol. The molecule has 0 saturated heterocycles. The summed E-state index contributed by atoms with van der Waals surface area (Å²) in [7, 11) is 0. The number of furan rings is 1. The molecule has 0 spiro atoms. The van der Waals surface area contributed by atoms with Crippen LogP contribution in [0.5, 0.6) is 0 Å². The average Bonchev–Trinajstić information content (AvgIpc) is 3.09. The molecular formula is C21H24N2O3S. The molecule has 1 N–H and O–H groups in total. The van der Waals surface area contributed by atoms with Crippen LogP contribution in [-0.2, 0) is 9.59 Å². The molecule has 1 aromatic carbocycles. The lowest BCUT2D eigenvalue weighted by Crippen LogP contribution is -2.50. The van der Waals surface area contributed by atoms with Crippen molar-refractivity contribution in [3.63, 3.8) is 0 Å². The Hall–Kier alpha value is -2.21. The number of rotatable bonds is 2. The van der Waals surface area contributed by atoms with Gasteiger partial charge in [0.2, 0.25) is 5.91 Å². The normalized spacial score (nSPS) is 26.6. The van der Waals surface area contributed by atoms with Gasteiger partial charge in [0.1, 0.15) is 17.6 Å². The van der Waals surface area contributed by atoms with Crippen LogP contribution in [-0.4, -0.2) is 23.5 Å². The number of fused-ring (bicyclic) bond motifs is 2. The maximum absolute atomic E-state index is 13.3. The molecule has 3 atom stereocenters. The second kappa shape index (κ2) is 6.75. The molecule has 27 heavy (non-hydrogen) atoms. The van der Waals surface area contributed by atoms with Crippen LogP contribution in [0.2, 0.25) is 0 Å². The number of carbonyl (C=O) groups excluding carboxylic acids is 2. The number of para-hydroxylation sites is 2. The molecule has 1 aliphatic heterocycles. The molecule has 0 unspecified atom stereocenters. The standard InChI is InChI=1S/C21H24N2O3S/c1-21(2)10-14-19(16(24)11-21)20(17-8-5-9-26-17)23(18(25)12-27)15-7-4-3-6-13(15)22-14/h3-9,14,19-20,22,27H,10-12H2,1-2H3/t14-,19-,20+/m1/s1. The number of ketones is 1. The number of benzene rings is 1. The van der Waals surface area contributed by atoms with Gasteiger partial charge in [-0.25, -0.2) is 0 Å². The van der Waals surface area contributed by atoms with E-state index in [2.05, 4.69) is 31.8 Å². The zero-order chi connectivity index (χ0) is 19.2. The summed E-state index contributed by atoms with van der Waals surface area (Å²) in [6.07, 6.45) is 2.93. The molecule has 2 aliphatic rings. The van der Waals surface area contributed by atoms with Gasteiger partial charge in [-0.1, -0.05) is 26.0 Å². The molecule has 5 nitrogen and oxygen atoms in total. The number of hydrogen-bond acceptors (Lipinski definition) is 5. The summed E-state index contributed by atoms with van der Waals surface area (Å²) in [4.78, 5) is 27.9. The van der Waals surface area contributed by atoms with E-state index < -0.39 is 6.04 Å². The van der Waals surface area contributed by atoms with E-state index in [0.717, 1.165) is 17.8 Å². The molecule has 1 aromatic heterocycles. The first-order chi connectivity index (χ1) is 12.9. The number of hydrogen-bond donors (Lipinski definition) is 2. The summed E-state index contributed by atoms with van der Waals surface area (Å²) in [5, 5.41) is 3.57. The molecule has 1 saturated carbocycles. The lowest BCUT2D eigenvalue weighted by Gasteiger charge is -2.43. The van der Waals surface area contributed by atoms with Crippen molar-refractivity contribution < 1.29 is 14.0 Å². The summed E-state index contributed by atoms with van der Waals surface area (Å²) >= 11 is 4.23. The Labute approximate surface area is 164 Å². The fraction of sp³-hybridized carbons (Fsp3) is 0.429. The average molecular weight is 385 g/mol. The van der Waals surface area contributed by atoms with Gasteiger partial charge in [0.05, 0.1) is 29.3 Å². The van der Waals surface area contributed by atoms with E-state index in [4.69, 9.17) is 4.42 Å². The van der Waals surface area contributed by atoms with E-state index in [1.807, 2.05) is 30.3 Å². The van der Waals surface area contributed by atoms with Gasteiger partial charge in [-0.2, -0.15) is 12.6 Å². The highest BCUT2D eigenvalue weighted by atomic mass is 32.1. The van der Waals surface area contributed by atoms with Crippen LogP contribution >= 0.6 is 12.6 Å². The van der Waals surface area contributed by atoms with Crippen LogP contribution in [0.15, 0.2) is 47.1 Å². The first kappa shape index (κ1) is 18.2. The van der Waals surface area contributed by atoms with Gasteiger partial charge in [0.25, 0.3) is 0 Å². The number of nitrogens with zero attached hydrogens (tertiary/aromatic N) is 1. The van der Waals surface area contributed by atoms with Crippen LogP contribution in [0, 0.1) is 11.3 Å². The fourth-order valence-corrected chi connectivity index (χ4v) is 4.74. The quantitative estimate of drug-likeness (QED) is 0.766. The lowest BCUT2D eigenvalue weighted by molar-refractivity contribution is -0.129. The van der Waals surface area contributed by atoms with Crippen molar-refractivity contribution in [2.24, 2.45) is 11.3 Å². The van der Waals surface area contributed by atoms with E-state index in [1.54, 1.807) is 17.2 Å². The Balaban J connectivity index is 1.92. The third-order valence-corrected chi connectivity index (χ3v) is 5.86. The number of nitrogens with one attached hydrogen (secondary N) is 1. The fourth-order valence-electron chi connectivity index (χ4n) is 4.59. The van der Waals surface area contributed by atoms with Gasteiger partial charge in [0.15, 0.2) is 0 Å². The summed E-state index contributed by atoms with van der Waals surface area (Å²) in [6, 6.07) is 10.8. The maximum atomic E-state index is 13.3. The van der Waals surface area contributed by atoms with Gasteiger partial charge < -0.3 is 9.73 Å². The van der Waals surface area contributed by atoms with Crippen molar-refractivity contribution in [3.05, 3.63) is 48.4 Å². The first-order valence-corrected chi connectivity index (χ1v) is 9.89. The minimum Gasteiger partial charge on any atom is -0.467 e. The van der Waals surface area contributed by atoms with Crippen molar-refractivity contribution in [1.29, 1.82) is 0 Å². The molecule has 0 radical (unpaired) electrons. The molecule has 0 bridgehead atoms. The smallest absolute Gasteiger partial charge is 0.237 e. The Bertz CT molecular complexity index is 862. The molecule has 2 heterocycles. The third kappa shape index (κ3) is 3.16. The second-order valence-electron chi connectivity index (χ2n) is 8.19. The van der Waals surface area contributed by atoms with E-state index in [-0.39, 0.29) is 34.8 Å². The van der Waals surface area contributed by atoms with E-state index in [9.17, 15) is 9.59 Å². The lowest BCUT2D eigenvalue weighted by atomic mass is 9.67. The molecular weight excluding hydrogens is 360 g/mol. The van der Waals surface area contributed by atoms with E-state index in [1.165, 1.54) is 0 Å². The molecule has 2 aromatic rings. The predicted octanol–water partition coefficient (Wildman–Crippen LogP) is 4.08. The highest BCUT2D eigenvalue weighted by Gasteiger charge is 2.50. The number of Topliss-reactive ketones (excluding diaryl/α,β-unsaturated/α-hetero) is 1. The van der Waals surface area contributed by atoms with Crippen molar-refractivity contribution in [1.82, 2.24) is 0 Å². The van der Waals surface area contributed by atoms with Crippen LogP contribution in [0.3, 0.4) is 0 Å². The monoisotopic (exact) mass is 384 g/mol. The molecule has 4 rings (SSSR count). The van der Waals surface area contributed by atoms with Crippen LogP contribution in [0.4, 0.5) is 11.4 Å². The van der Waals surface area contributed by atoms with E-state index in [0.29, 0.717) is 12.2 Å². The largest absolute Gasteiger partial charge is 0.467 e. The third-order valence-electron chi connectivity index (χ3n) is 5.59. The van der Waals surface area contributed by atoms with Crippen LogP contribution < -0.4 is 10.2 Å². The zero-order valence-electron chi connectivity index (χ0n) is 15.5. The summed E-state index contributed by atoms with van der Waals surface area (Å²) in [6.45, 7) is 4.25. The van der Waals surface area contributed by atoms with Gasteiger partial charge in [-0.05, 0) is 36.1 Å².